The van der Waals surface area contributed by atoms with Gasteiger partial charge in [0.05, 0.1) is 6.04 Å². The van der Waals surface area contributed by atoms with Crippen molar-refractivity contribution in [2.75, 3.05) is 4.90 Å². The third-order valence-electron chi connectivity index (χ3n) is 4.93. The number of rotatable bonds is 0. The molecule has 2 aliphatic rings. The molecule has 0 saturated carbocycles. The van der Waals surface area contributed by atoms with Crippen LogP contribution in [0, 0.1) is 6.92 Å². The van der Waals surface area contributed by atoms with E-state index in [1.807, 2.05) is 23.1 Å². The van der Waals surface area contributed by atoms with Gasteiger partial charge in [0, 0.05) is 11.3 Å². The van der Waals surface area contributed by atoms with Crippen LogP contribution in [0.2, 0.25) is 0 Å². The molecule has 2 aromatic rings. The van der Waals surface area contributed by atoms with Gasteiger partial charge in [-0.05, 0) is 42.0 Å². The van der Waals surface area contributed by atoms with Gasteiger partial charge in [-0.25, -0.2) is 0 Å². The lowest BCUT2D eigenvalue weighted by Crippen LogP contribution is -2.39. The Labute approximate surface area is 125 Å². The van der Waals surface area contributed by atoms with Crippen molar-refractivity contribution in [1.82, 2.24) is 0 Å². The number of carbonyl (C=O) groups excluding carboxylic acids is 1. The molecule has 0 saturated heterocycles. The van der Waals surface area contributed by atoms with E-state index in [0.29, 0.717) is 0 Å². The quantitative estimate of drug-likeness (QED) is 0.700. The Hall–Kier alpha value is -2.09. The van der Waals surface area contributed by atoms with Crippen LogP contribution in [0.1, 0.15) is 53.4 Å². The van der Waals surface area contributed by atoms with Crippen LogP contribution < -0.4 is 4.90 Å². The van der Waals surface area contributed by atoms with E-state index in [9.17, 15) is 4.79 Å². The second-order valence-corrected chi connectivity index (χ2v) is 6.89. The molecule has 0 radical (unpaired) electrons. The minimum absolute atomic E-state index is 0.0836. The Kier molecular flexibility index (Phi) is 2.39. The van der Waals surface area contributed by atoms with Gasteiger partial charge in [-0.3, -0.25) is 4.79 Å². The first-order valence-corrected chi connectivity index (χ1v) is 7.53. The Morgan fingerprint density at radius 2 is 1.90 bits per heavy atom. The highest BCUT2D eigenvalue weighted by Gasteiger charge is 2.46. The number of hydrogen-bond acceptors (Lipinski definition) is 1. The molecular weight excluding hydrogens is 258 g/mol. The first kappa shape index (κ1) is 12.6. The third-order valence-corrected chi connectivity index (χ3v) is 4.93. The van der Waals surface area contributed by atoms with E-state index in [2.05, 4.69) is 45.0 Å². The molecule has 1 unspecified atom stereocenters. The Morgan fingerprint density at radius 3 is 2.71 bits per heavy atom. The molecule has 0 bridgehead atoms. The lowest BCUT2D eigenvalue weighted by atomic mass is 9.73. The van der Waals surface area contributed by atoms with E-state index < -0.39 is 0 Å². The minimum atomic E-state index is 0.0836. The van der Waals surface area contributed by atoms with E-state index >= 15 is 0 Å². The van der Waals surface area contributed by atoms with Crippen LogP contribution in [0.15, 0.2) is 42.5 Å². The Morgan fingerprint density at radius 1 is 1.14 bits per heavy atom. The van der Waals surface area contributed by atoms with Crippen LogP contribution in [-0.2, 0) is 5.41 Å². The Bertz CT molecular complexity index is 760. The van der Waals surface area contributed by atoms with E-state index in [0.717, 1.165) is 17.7 Å². The monoisotopic (exact) mass is 277 g/mol. The first-order valence-electron chi connectivity index (χ1n) is 7.53. The van der Waals surface area contributed by atoms with Gasteiger partial charge in [0.2, 0.25) is 0 Å². The molecule has 2 nitrogen and oxygen atoms in total. The Balaban J connectivity index is 1.97. The summed E-state index contributed by atoms with van der Waals surface area (Å²) in [5.41, 5.74) is 5.76. The second kappa shape index (κ2) is 3.97. The zero-order valence-corrected chi connectivity index (χ0v) is 12.7. The van der Waals surface area contributed by atoms with Crippen LogP contribution in [0.5, 0.6) is 0 Å². The summed E-state index contributed by atoms with van der Waals surface area (Å²) in [6.07, 6.45) is 0.978. The van der Waals surface area contributed by atoms with Crippen LogP contribution >= 0.6 is 0 Å². The van der Waals surface area contributed by atoms with Gasteiger partial charge < -0.3 is 4.90 Å². The molecule has 0 spiro atoms. The smallest absolute Gasteiger partial charge is 0.259 e. The fourth-order valence-electron chi connectivity index (χ4n) is 3.87. The lowest BCUT2D eigenvalue weighted by Gasteiger charge is -2.42. The maximum atomic E-state index is 12.8. The number of nitrogens with zero attached hydrogens (tertiary/aromatic N) is 1. The number of hydrogen-bond donors (Lipinski definition) is 0. The highest BCUT2D eigenvalue weighted by atomic mass is 16.2. The molecule has 1 atom stereocenters. The van der Waals surface area contributed by atoms with Crippen LogP contribution in [-0.4, -0.2) is 5.91 Å². The maximum absolute atomic E-state index is 12.8. The van der Waals surface area contributed by atoms with Crippen molar-refractivity contribution in [2.45, 2.75) is 38.6 Å². The predicted molar refractivity (Wildman–Crippen MR) is 84.8 cm³/mol. The van der Waals surface area contributed by atoms with Gasteiger partial charge in [-0.1, -0.05) is 49.7 Å². The topological polar surface area (TPSA) is 20.3 Å². The number of fused-ring (bicyclic) bond motifs is 5. The summed E-state index contributed by atoms with van der Waals surface area (Å²) in [5.74, 6) is 0.149. The van der Waals surface area contributed by atoms with Gasteiger partial charge >= 0.3 is 0 Å². The normalized spacial score (nSPS) is 21.8. The SMILES string of the molecule is Cc1ccc2c(c1)C(C)(C)CC1c3ccccc3C(=O)N21. The summed E-state index contributed by atoms with van der Waals surface area (Å²) in [4.78, 5) is 14.8. The van der Waals surface area contributed by atoms with Crippen molar-refractivity contribution >= 4 is 11.6 Å². The van der Waals surface area contributed by atoms with Gasteiger partial charge in [0.25, 0.3) is 5.91 Å². The molecule has 2 heteroatoms. The minimum Gasteiger partial charge on any atom is -0.301 e. The number of carbonyl (C=O) groups is 1. The molecule has 0 fully saturated rings. The largest absolute Gasteiger partial charge is 0.301 e. The van der Waals surface area contributed by atoms with Crippen LogP contribution in [0.25, 0.3) is 0 Å². The van der Waals surface area contributed by atoms with Crippen molar-refractivity contribution in [3.63, 3.8) is 0 Å². The lowest BCUT2D eigenvalue weighted by molar-refractivity contribution is 0.0985. The fourth-order valence-corrected chi connectivity index (χ4v) is 3.87. The molecule has 106 valence electrons. The fraction of sp³-hybridized carbons (Fsp3) is 0.316. The van der Waals surface area contributed by atoms with Crippen molar-refractivity contribution in [2.24, 2.45) is 0 Å². The van der Waals surface area contributed by atoms with Gasteiger partial charge in [-0.2, -0.15) is 0 Å². The van der Waals surface area contributed by atoms with Crippen molar-refractivity contribution in [3.8, 4) is 0 Å². The molecule has 4 rings (SSSR count). The molecule has 2 aliphatic heterocycles. The van der Waals surface area contributed by atoms with Gasteiger partial charge in [0.1, 0.15) is 0 Å². The number of benzene rings is 2. The molecular formula is C19H19NO. The maximum Gasteiger partial charge on any atom is 0.259 e. The molecule has 1 amide bonds. The van der Waals surface area contributed by atoms with Crippen LogP contribution in [0.4, 0.5) is 5.69 Å². The standard InChI is InChI=1S/C19H19NO/c1-12-8-9-16-15(10-12)19(2,3)11-17-13-6-4-5-7-14(13)18(21)20(16)17/h4-10,17H,11H2,1-3H3. The van der Waals surface area contributed by atoms with E-state index in [1.54, 1.807) is 0 Å². The summed E-state index contributed by atoms with van der Waals surface area (Å²) in [6, 6.07) is 14.7. The predicted octanol–water partition coefficient (Wildman–Crippen LogP) is 4.38. The average molecular weight is 277 g/mol. The third kappa shape index (κ3) is 1.62. The average Bonchev–Trinajstić information content (AvgIpc) is 2.72. The molecule has 2 heterocycles. The van der Waals surface area contributed by atoms with Crippen molar-refractivity contribution in [3.05, 3.63) is 64.7 Å². The number of aryl methyl sites for hydroxylation is 1. The zero-order chi connectivity index (χ0) is 14.8. The van der Waals surface area contributed by atoms with E-state index in [-0.39, 0.29) is 17.4 Å². The summed E-state index contributed by atoms with van der Waals surface area (Å²) in [7, 11) is 0. The second-order valence-electron chi connectivity index (χ2n) is 6.89. The van der Waals surface area contributed by atoms with Gasteiger partial charge in [-0.15, -0.1) is 0 Å². The molecule has 0 N–H and O–H groups in total. The highest BCUT2D eigenvalue weighted by Crippen LogP contribution is 2.51. The molecule has 21 heavy (non-hydrogen) atoms. The highest BCUT2D eigenvalue weighted by molar-refractivity contribution is 6.11. The van der Waals surface area contributed by atoms with E-state index in [1.165, 1.54) is 16.7 Å². The summed E-state index contributed by atoms with van der Waals surface area (Å²) < 4.78 is 0. The number of anilines is 1. The van der Waals surface area contributed by atoms with Crippen LogP contribution in [0.3, 0.4) is 0 Å². The molecule has 0 aliphatic carbocycles. The first-order chi connectivity index (χ1) is 9.99. The summed E-state index contributed by atoms with van der Waals surface area (Å²) in [5, 5.41) is 0. The summed E-state index contributed by atoms with van der Waals surface area (Å²) in [6.45, 7) is 6.69. The van der Waals surface area contributed by atoms with Crippen molar-refractivity contribution < 1.29 is 4.79 Å². The molecule has 0 aromatic heterocycles. The number of amides is 1. The zero-order valence-electron chi connectivity index (χ0n) is 12.7. The van der Waals surface area contributed by atoms with Gasteiger partial charge in [0.15, 0.2) is 0 Å². The molecule has 2 aromatic carbocycles. The summed E-state index contributed by atoms with van der Waals surface area (Å²) >= 11 is 0. The van der Waals surface area contributed by atoms with Crippen molar-refractivity contribution in [1.29, 1.82) is 0 Å². The van der Waals surface area contributed by atoms with E-state index in [4.69, 9.17) is 0 Å².